The van der Waals surface area contributed by atoms with Gasteiger partial charge < -0.3 is 5.11 Å². The molecule has 0 saturated heterocycles. The summed E-state index contributed by atoms with van der Waals surface area (Å²) in [5.41, 5.74) is 0. The smallest absolute Gasteiger partial charge is 0.267 e. The van der Waals surface area contributed by atoms with Crippen LogP contribution in [0.25, 0.3) is 0 Å². The minimum absolute atomic E-state index is 0.0989. The third-order valence-corrected chi connectivity index (χ3v) is 7.07. The van der Waals surface area contributed by atoms with Crippen LogP contribution in [0.3, 0.4) is 0 Å². The molecule has 0 heterocycles. The first kappa shape index (κ1) is 27.9. The monoisotopic (exact) mass is 420 g/mol. The van der Waals surface area contributed by atoms with Gasteiger partial charge in [-0.2, -0.15) is 8.42 Å². The molecule has 0 amide bonds. The molecular weight excluding hydrogens is 372 g/mol. The highest BCUT2D eigenvalue weighted by molar-refractivity contribution is 7.86. The summed E-state index contributed by atoms with van der Waals surface area (Å²) in [5, 5.41) is 9.25. The van der Waals surface area contributed by atoms with Gasteiger partial charge in [-0.3, -0.25) is 4.55 Å². The molecule has 0 spiro atoms. The highest BCUT2D eigenvalue weighted by Crippen LogP contribution is 2.19. The number of unbranched alkanes of at least 4 members (excludes halogenated alkanes) is 12. The summed E-state index contributed by atoms with van der Waals surface area (Å²) in [5.74, 6) is 0. The molecule has 2 unspecified atom stereocenters. The van der Waals surface area contributed by atoms with Crippen LogP contribution >= 0.6 is 0 Å². The molecule has 0 rings (SSSR count). The van der Waals surface area contributed by atoms with Gasteiger partial charge in [-0.05, 0) is 25.7 Å². The van der Waals surface area contributed by atoms with Crippen LogP contribution < -0.4 is 0 Å². The maximum absolute atomic E-state index is 11.5. The topological polar surface area (TPSA) is 74.6 Å². The van der Waals surface area contributed by atoms with Gasteiger partial charge in [0.1, 0.15) is 0 Å². The summed E-state index contributed by atoms with van der Waals surface area (Å²) in [6.07, 6.45) is 20.0. The summed E-state index contributed by atoms with van der Waals surface area (Å²) in [6.45, 7) is 4.30. The first-order chi connectivity index (χ1) is 13.4. The lowest BCUT2D eigenvalue weighted by Crippen LogP contribution is -2.20. The zero-order valence-electron chi connectivity index (χ0n) is 18.7. The van der Waals surface area contributed by atoms with E-state index in [4.69, 9.17) is 0 Å². The van der Waals surface area contributed by atoms with Crippen LogP contribution in [0.1, 0.15) is 136 Å². The van der Waals surface area contributed by atoms with Gasteiger partial charge >= 0.3 is 0 Å². The second-order valence-corrected chi connectivity index (χ2v) is 10.2. The van der Waals surface area contributed by atoms with Gasteiger partial charge in [0.2, 0.25) is 0 Å². The average Bonchev–Trinajstić information content (AvgIpc) is 2.64. The molecule has 0 aromatic rings. The Morgan fingerprint density at radius 2 is 0.929 bits per heavy atom. The number of hydrogen-bond acceptors (Lipinski definition) is 3. The summed E-state index contributed by atoms with van der Waals surface area (Å²) in [6, 6.07) is 0. The Morgan fingerprint density at radius 3 is 1.36 bits per heavy atom. The van der Waals surface area contributed by atoms with Gasteiger partial charge in [0.25, 0.3) is 10.1 Å². The largest absolute Gasteiger partial charge is 0.393 e. The standard InChI is InChI=1S/C23H48O4S/c1-3-5-7-16-20-23(28(25,26)27)21-17-14-12-10-8-9-11-13-15-19-22(24)18-6-4-2/h22-24H,3-21H2,1-2H3,(H,25,26,27). The first-order valence-electron chi connectivity index (χ1n) is 12.1. The molecular formula is C23H48O4S. The fourth-order valence-electron chi connectivity index (χ4n) is 3.81. The van der Waals surface area contributed by atoms with Crippen molar-refractivity contribution >= 4 is 10.1 Å². The zero-order valence-corrected chi connectivity index (χ0v) is 19.5. The Kier molecular flexibility index (Phi) is 18.8. The lowest BCUT2D eigenvalue weighted by atomic mass is 10.0. The average molecular weight is 421 g/mol. The van der Waals surface area contributed by atoms with Crippen LogP contribution in [-0.4, -0.2) is 29.4 Å². The van der Waals surface area contributed by atoms with Gasteiger partial charge in [-0.25, -0.2) is 0 Å². The Morgan fingerprint density at radius 1 is 0.571 bits per heavy atom. The summed E-state index contributed by atoms with van der Waals surface area (Å²) >= 11 is 0. The van der Waals surface area contributed by atoms with E-state index in [1.165, 1.54) is 32.1 Å². The molecule has 0 fully saturated rings. The third kappa shape index (κ3) is 17.9. The molecule has 2 N–H and O–H groups in total. The van der Waals surface area contributed by atoms with E-state index >= 15 is 0 Å². The van der Waals surface area contributed by atoms with Crippen molar-refractivity contribution in [2.75, 3.05) is 0 Å². The van der Waals surface area contributed by atoms with Crippen LogP contribution in [0.2, 0.25) is 0 Å². The zero-order chi connectivity index (χ0) is 21.1. The number of hydrogen-bond donors (Lipinski definition) is 2. The van der Waals surface area contributed by atoms with E-state index in [0.29, 0.717) is 12.8 Å². The van der Waals surface area contributed by atoms with Crippen molar-refractivity contribution in [1.29, 1.82) is 0 Å². The van der Waals surface area contributed by atoms with Gasteiger partial charge in [0.15, 0.2) is 0 Å². The van der Waals surface area contributed by atoms with Gasteiger partial charge in [-0.15, -0.1) is 0 Å². The van der Waals surface area contributed by atoms with E-state index < -0.39 is 15.4 Å². The minimum Gasteiger partial charge on any atom is -0.393 e. The highest BCUT2D eigenvalue weighted by Gasteiger charge is 2.21. The molecule has 170 valence electrons. The number of rotatable bonds is 21. The molecule has 0 aliphatic heterocycles. The molecule has 4 nitrogen and oxygen atoms in total. The van der Waals surface area contributed by atoms with Gasteiger partial charge in [-0.1, -0.05) is 110 Å². The van der Waals surface area contributed by atoms with Crippen LogP contribution in [0, 0.1) is 0 Å². The van der Waals surface area contributed by atoms with E-state index in [1.54, 1.807) is 0 Å². The fraction of sp³-hybridized carbons (Fsp3) is 1.00. The molecule has 0 aliphatic rings. The van der Waals surface area contributed by atoms with Crippen molar-refractivity contribution in [2.45, 2.75) is 147 Å². The van der Waals surface area contributed by atoms with Crippen molar-refractivity contribution in [3.05, 3.63) is 0 Å². The van der Waals surface area contributed by atoms with E-state index in [9.17, 15) is 18.1 Å². The van der Waals surface area contributed by atoms with Crippen molar-refractivity contribution in [2.24, 2.45) is 0 Å². The summed E-state index contributed by atoms with van der Waals surface area (Å²) in [4.78, 5) is 0. The first-order valence-corrected chi connectivity index (χ1v) is 13.6. The normalized spacial score (nSPS) is 14.3. The molecule has 5 heteroatoms. The predicted molar refractivity (Wildman–Crippen MR) is 120 cm³/mol. The van der Waals surface area contributed by atoms with Crippen molar-refractivity contribution in [3.63, 3.8) is 0 Å². The SMILES string of the molecule is CCCCCCC(CCCCCCCCCCCC(O)CCCC)S(=O)(=O)O. The van der Waals surface area contributed by atoms with E-state index in [-0.39, 0.29) is 6.10 Å². The second-order valence-electron chi connectivity index (χ2n) is 8.54. The summed E-state index contributed by atoms with van der Waals surface area (Å²) < 4.78 is 32.5. The predicted octanol–water partition coefficient (Wildman–Crippen LogP) is 7.06. The van der Waals surface area contributed by atoms with Crippen LogP contribution in [0.5, 0.6) is 0 Å². The maximum atomic E-state index is 11.5. The Balaban J connectivity index is 3.55. The molecule has 0 saturated carbocycles. The van der Waals surface area contributed by atoms with Crippen molar-refractivity contribution in [3.8, 4) is 0 Å². The Bertz CT molecular complexity index is 422. The van der Waals surface area contributed by atoms with Gasteiger partial charge in [0, 0.05) is 0 Å². The van der Waals surface area contributed by atoms with Crippen LogP contribution in [0.15, 0.2) is 0 Å². The maximum Gasteiger partial charge on any atom is 0.267 e. The third-order valence-electron chi connectivity index (χ3n) is 5.76. The highest BCUT2D eigenvalue weighted by atomic mass is 32.2. The quantitative estimate of drug-likeness (QED) is 0.154. The minimum atomic E-state index is -3.89. The lowest BCUT2D eigenvalue weighted by Gasteiger charge is -2.13. The molecule has 0 bridgehead atoms. The Labute approximate surface area is 175 Å². The fourth-order valence-corrected chi connectivity index (χ4v) is 4.74. The number of aliphatic hydroxyl groups is 1. The van der Waals surface area contributed by atoms with Crippen molar-refractivity contribution in [1.82, 2.24) is 0 Å². The van der Waals surface area contributed by atoms with E-state index in [0.717, 1.165) is 77.0 Å². The number of aliphatic hydroxyl groups excluding tert-OH is 1. The molecule has 0 aliphatic carbocycles. The summed E-state index contributed by atoms with van der Waals surface area (Å²) in [7, 11) is -3.89. The molecule has 0 radical (unpaired) electrons. The molecule has 0 aromatic carbocycles. The van der Waals surface area contributed by atoms with Crippen LogP contribution in [0.4, 0.5) is 0 Å². The van der Waals surface area contributed by atoms with Gasteiger partial charge in [0.05, 0.1) is 11.4 Å². The molecule has 28 heavy (non-hydrogen) atoms. The van der Waals surface area contributed by atoms with Crippen LogP contribution in [-0.2, 0) is 10.1 Å². The second kappa shape index (κ2) is 18.9. The lowest BCUT2D eigenvalue weighted by molar-refractivity contribution is 0.148. The molecule has 0 aromatic heterocycles. The van der Waals surface area contributed by atoms with Crippen molar-refractivity contribution < 1.29 is 18.1 Å². The molecule has 2 atom stereocenters. The van der Waals surface area contributed by atoms with E-state index in [1.807, 2.05) is 0 Å². The Hall–Kier alpha value is -0.130. The van der Waals surface area contributed by atoms with E-state index in [2.05, 4.69) is 13.8 Å².